The molecule has 0 bridgehead atoms. The summed E-state index contributed by atoms with van der Waals surface area (Å²) < 4.78 is 6.02. The number of aromatic nitrogens is 1. The Labute approximate surface area is 171 Å². The molecule has 2 aromatic carbocycles. The van der Waals surface area contributed by atoms with Crippen LogP contribution < -0.4 is 0 Å². The van der Waals surface area contributed by atoms with E-state index in [9.17, 15) is 4.79 Å². The molecule has 2 aliphatic heterocycles. The highest BCUT2D eigenvalue weighted by Crippen LogP contribution is 2.32. The van der Waals surface area contributed by atoms with E-state index in [0.29, 0.717) is 24.9 Å². The second-order valence-electron chi connectivity index (χ2n) is 8.45. The Bertz CT molecular complexity index is 995. The molecule has 2 aliphatic rings. The number of aryl methyl sites for hydroxylation is 1. The van der Waals surface area contributed by atoms with Crippen LogP contribution in [0.4, 0.5) is 0 Å². The maximum absolute atomic E-state index is 12.7. The molecule has 2 fully saturated rings. The molecule has 29 heavy (non-hydrogen) atoms. The third kappa shape index (κ3) is 3.67. The van der Waals surface area contributed by atoms with Crippen molar-refractivity contribution in [2.75, 3.05) is 26.3 Å². The van der Waals surface area contributed by atoms with Crippen molar-refractivity contribution in [1.82, 2.24) is 14.8 Å². The van der Waals surface area contributed by atoms with Gasteiger partial charge in [0, 0.05) is 31.3 Å². The van der Waals surface area contributed by atoms with Gasteiger partial charge in [-0.2, -0.15) is 0 Å². The summed E-state index contributed by atoms with van der Waals surface area (Å²) >= 11 is 0. The highest BCUT2D eigenvalue weighted by atomic mass is 16.3. The van der Waals surface area contributed by atoms with Gasteiger partial charge in [-0.1, -0.05) is 36.4 Å². The fraction of sp³-hybridized carbons (Fsp3) is 0.417. The fourth-order valence-corrected chi connectivity index (χ4v) is 4.85. The molecule has 0 saturated carbocycles. The Balaban J connectivity index is 1.26. The Morgan fingerprint density at radius 3 is 2.76 bits per heavy atom. The van der Waals surface area contributed by atoms with E-state index in [1.54, 1.807) is 0 Å². The maximum atomic E-state index is 12.7. The number of likely N-dealkylation sites (tertiary alicyclic amines) is 2. The number of carbonyl (C=O) groups excluding carboxylic acids is 1. The number of piperidine rings is 1. The van der Waals surface area contributed by atoms with Gasteiger partial charge in [-0.15, -0.1) is 0 Å². The molecule has 1 aromatic heterocycles. The first-order chi connectivity index (χ1) is 14.2. The lowest BCUT2D eigenvalue weighted by atomic mass is 9.94. The van der Waals surface area contributed by atoms with E-state index in [1.807, 2.05) is 29.2 Å². The zero-order valence-electron chi connectivity index (χ0n) is 16.9. The highest BCUT2D eigenvalue weighted by Gasteiger charge is 2.34. The van der Waals surface area contributed by atoms with Crippen molar-refractivity contribution in [3.8, 4) is 0 Å². The number of hydrogen-bond acceptors (Lipinski definition) is 4. The van der Waals surface area contributed by atoms with Crippen LogP contribution in [0.2, 0.25) is 0 Å². The van der Waals surface area contributed by atoms with E-state index in [1.165, 1.54) is 11.1 Å². The Morgan fingerprint density at radius 1 is 1.07 bits per heavy atom. The molecule has 5 nitrogen and oxygen atoms in total. The third-order valence-electron chi connectivity index (χ3n) is 6.38. The Hall–Kier alpha value is -2.66. The minimum absolute atomic E-state index is 0.266. The summed E-state index contributed by atoms with van der Waals surface area (Å²) in [4.78, 5) is 21.8. The second kappa shape index (κ2) is 7.64. The van der Waals surface area contributed by atoms with E-state index in [2.05, 4.69) is 36.1 Å². The molecular weight excluding hydrogens is 362 g/mol. The monoisotopic (exact) mass is 389 g/mol. The number of rotatable bonds is 4. The zero-order valence-corrected chi connectivity index (χ0v) is 16.9. The molecular formula is C24H27N3O2. The van der Waals surface area contributed by atoms with Crippen molar-refractivity contribution < 1.29 is 9.21 Å². The summed E-state index contributed by atoms with van der Waals surface area (Å²) in [5, 5.41) is 0. The van der Waals surface area contributed by atoms with Crippen molar-refractivity contribution in [1.29, 1.82) is 0 Å². The van der Waals surface area contributed by atoms with Gasteiger partial charge >= 0.3 is 0 Å². The standard InChI is InChI=1S/C24H27N3O2/c1-17-7-2-3-9-20(17)19-13-23(28)27(15-19)16-26-12-6-8-18(14-26)24-25-21-10-4-5-11-22(21)29-24/h2-5,7,9-11,18-19H,6,8,12-16H2,1H3/t18-,19-/m1/s1. The van der Waals surface area contributed by atoms with Crippen LogP contribution in [0.5, 0.6) is 0 Å². The largest absolute Gasteiger partial charge is 0.440 e. The summed E-state index contributed by atoms with van der Waals surface area (Å²) in [6, 6.07) is 16.4. The van der Waals surface area contributed by atoms with Gasteiger partial charge in [0.05, 0.1) is 6.67 Å². The fourth-order valence-electron chi connectivity index (χ4n) is 4.85. The van der Waals surface area contributed by atoms with Crippen LogP contribution in [0.25, 0.3) is 11.1 Å². The van der Waals surface area contributed by atoms with Gasteiger partial charge in [-0.25, -0.2) is 4.98 Å². The first-order valence-electron chi connectivity index (χ1n) is 10.6. The zero-order chi connectivity index (χ0) is 19.8. The number of fused-ring (bicyclic) bond motifs is 1. The minimum Gasteiger partial charge on any atom is -0.440 e. The molecule has 3 aromatic rings. The summed E-state index contributed by atoms with van der Waals surface area (Å²) in [6.45, 7) is 5.57. The number of hydrogen-bond donors (Lipinski definition) is 0. The smallest absolute Gasteiger partial charge is 0.224 e. The number of nitrogens with zero attached hydrogens (tertiary/aromatic N) is 3. The predicted octanol–water partition coefficient (Wildman–Crippen LogP) is 4.29. The molecule has 1 amide bonds. The van der Waals surface area contributed by atoms with Crippen LogP contribution in [0.3, 0.4) is 0 Å². The first kappa shape index (κ1) is 18.4. The first-order valence-corrected chi connectivity index (χ1v) is 10.6. The molecule has 5 rings (SSSR count). The van der Waals surface area contributed by atoms with Crippen molar-refractivity contribution in [2.45, 2.75) is 38.0 Å². The Morgan fingerprint density at radius 2 is 1.90 bits per heavy atom. The molecule has 2 atom stereocenters. The summed E-state index contributed by atoms with van der Waals surface area (Å²) in [5.41, 5.74) is 4.37. The SMILES string of the molecule is Cc1ccccc1[C@@H]1CC(=O)N(CN2CCC[C@@H](c3nc4ccccc4o3)C2)C1. The Kier molecular flexibility index (Phi) is 4.84. The maximum Gasteiger partial charge on any atom is 0.224 e. The van der Waals surface area contributed by atoms with Crippen LogP contribution in [0, 0.1) is 6.92 Å². The lowest BCUT2D eigenvalue weighted by molar-refractivity contribution is -0.129. The number of carbonyl (C=O) groups is 1. The average molecular weight is 389 g/mol. The number of para-hydroxylation sites is 2. The molecule has 0 radical (unpaired) electrons. The van der Waals surface area contributed by atoms with Gasteiger partial charge in [-0.05, 0) is 49.6 Å². The van der Waals surface area contributed by atoms with Crippen LogP contribution in [-0.4, -0.2) is 47.0 Å². The van der Waals surface area contributed by atoms with Gasteiger partial charge in [0.2, 0.25) is 5.91 Å². The van der Waals surface area contributed by atoms with Crippen LogP contribution in [-0.2, 0) is 4.79 Å². The van der Waals surface area contributed by atoms with E-state index in [0.717, 1.165) is 49.5 Å². The molecule has 5 heteroatoms. The second-order valence-corrected chi connectivity index (χ2v) is 8.45. The molecule has 0 spiro atoms. The number of benzene rings is 2. The van der Waals surface area contributed by atoms with Crippen LogP contribution in [0.1, 0.15) is 48.1 Å². The lowest BCUT2D eigenvalue weighted by Crippen LogP contribution is -2.43. The van der Waals surface area contributed by atoms with Gasteiger partial charge in [-0.3, -0.25) is 9.69 Å². The third-order valence-corrected chi connectivity index (χ3v) is 6.38. The molecule has 0 aliphatic carbocycles. The van der Waals surface area contributed by atoms with Crippen molar-refractivity contribution >= 4 is 17.0 Å². The lowest BCUT2D eigenvalue weighted by Gasteiger charge is -2.34. The van der Waals surface area contributed by atoms with Gasteiger partial charge in [0.15, 0.2) is 11.5 Å². The van der Waals surface area contributed by atoms with Gasteiger partial charge in [0.1, 0.15) is 5.52 Å². The van der Waals surface area contributed by atoms with E-state index < -0.39 is 0 Å². The molecule has 3 heterocycles. The van der Waals surface area contributed by atoms with E-state index >= 15 is 0 Å². The van der Waals surface area contributed by atoms with E-state index in [4.69, 9.17) is 9.40 Å². The molecule has 0 N–H and O–H groups in total. The topological polar surface area (TPSA) is 49.6 Å². The normalized spacial score (nSPS) is 23.2. The van der Waals surface area contributed by atoms with Crippen molar-refractivity contribution in [3.63, 3.8) is 0 Å². The van der Waals surface area contributed by atoms with Gasteiger partial charge < -0.3 is 9.32 Å². The summed E-state index contributed by atoms with van der Waals surface area (Å²) in [6.07, 6.45) is 2.81. The quantitative estimate of drug-likeness (QED) is 0.668. The summed E-state index contributed by atoms with van der Waals surface area (Å²) in [5.74, 6) is 1.70. The highest BCUT2D eigenvalue weighted by molar-refractivity contribution is 5.79. The molecule has 150 valence electrons. The minimum atomic E-state index is 0.266. The molecule has 0 unspecified atom stereocenters. The predicted molar refractivity (Wildman–Crippen MR) is 113 cm³/mol. The van der Waals surface area contributed by atoms with Gasteiger partial charge in [0.25, 0.3) is 0 Å². The van der Waals surface area contributed by atoms with Crippen LogP contribution in [0.15, 0.2) is 52.9 Å². The van der Waals surface area contributed by atoms with E-state index in [-0.39, 0.29) is 5.91 Å². The van der Waals surface area contributed by atoms with Crippen molar-refractivity contribution in [3.05, 3.63) is 65.5 Å². The molecule has 2 saturated heterocycles. The van der Waals surface area contributed by atoms with Crippen LogP contribution >= 0.6 is 0 Å². The average Bonchev–Trinajstić information content (AvgIpc) is 3.32. The summed E-state index contributed by atoms with van der Waals surface area (Å²) in [7, 11) is 0. The van der Waals surface area contributed by atoms with Crippen molar-refractivity contribution in [2.24, 2.45) is 0 Å². The number of oxazole rings is 1. The number of amides is 1.